The fourth-order valence-electron chi connectivity index (χ4n) is 3.85. The maximum Gasteiger partial charge on any atom is 0.141 e. The Morgan fingerprint density at radius 3 is 2.35 bits per heavy atom. The second-order valence-corrected chi connectivity index (χ2v) is 8.08. The van der Waals surface area contributed by atoms with Crippen LogP contribution in [-0.4, -0.2) is 47.6 Å². The Labute approximate surface area is 143 Å². The molecule has 0 unspecified atom stereocenters. The summed E-state index contributed by atoms with van der Waals surface area (Å²) in [6, 6.07) is 1.34. The van der Waals surface area contributed by atoms with Gasteiger partial charge in [0.25, 0.3) is 0 Å². The standard InChI is InChI=1S/C18H28N4S/c1-6-22(15-9-7-14(8-10-15)21(4)5)17-16-12(2)13(3)23-18(16)20-11-19-17/h11,14-15H,6-10H2,1-5H3. The SMILES string of the molecule is CCN(c1ncnc2sc(C)c(C)c12)C1CCC(N(C)C)CC1. The molecule has 0 saturated heterocycles. The molecule has 0 aromatic carbocycles. The van der Waals surface area contributed by atoms with Crippen LogP contribution in [0.1, 0.15) is 43.0 Å². The Morgan fingerprint density at radius 1 is 1.09 bits per heavy atom. The summed E-state index contributed by atoms with van der Waals surface area (Å²) < 4.78 is 0. The van der Waals surface area contributed by atoms with Crippen LogP contribution in [0.5, 0.6) is 0 Å². The minimum absolute atomic E-state index is 0.605. The highest BCUT2D eigenvalue weighted by Gasteiger charge is 2.28. The van der Waals surface area contributed by atoms with Crippen molar-refractivity contribution >= 4 is 27.4 Å². The molecule has 3 rings (SSSR count). The van der Waals surface area contributed by atoms with E-state index in [1.165, 1.54) is 41.5 Å². The van der Waals surface area contributed by atoms with Gasteiger partial charge < -0.3 is 9.80 Å². The Kier molecular flexibility index (Phi) is 4.87. The van der Waals surface area contributed by atoms with Crippen LogP contribution in [0.4, 0.5) is 5.82 Å². The third-order valence-electron chi connectivity index (χ3n) is 5.40. The van der Waals surface area contributed by atoms with Crippen LogP contribution in [0.25, 0.3) is 10.2 Å². The third kappa shape index (κ3) is 3.09. The Balaban J connectivity index is 1.90. The number of rotatable bonds is 4. The van der Waals surface area contributed by atoms with Crippen molar-refractivity contribution in [3.8, 4) is 0 Å². The number of hydrogen-bond donors (Lipinski definition) is 0. The zero-order valence-electron chi connectivity index (χ0n) is 15.0. The predicted octanol–water partition coefficient (Wildman–Crippen LogP) is 4.01. The first kappa shape index (κ1) is 16.7. The Morgan fingerprint density at radius 2 is 1.74 bits per heavy atom. The summed E-state index contributed by atoms with van der Waals surface area (Å²) in [5, 5.41) is 1.27. The predicted molar refractivity (Wildman–Crippen MR) is 99.6 cm³/mol. The molecule has 0 bridgehead atoms. The molecular formula is C18H28N4S. The molecule has 1 saturated carbocycles. The first-order valence-corrected chi connectivity index (χ1v) is 9.48. The Hall–Kier alpha value is -1.20. The zero-order valence-corrected chi connectivity index (χ0v) is 15.8. The molecule has 0 spiro atoms. The Bertz CT molecular complexity index is 671. The van der Waals surface area contributed by atoms with Crippen LogP contribution in [-0.2, 0) is 0 Å². The molecule has 2 aromatic rings. The lowest BCUT2D eigenvalue weighted by Gasteiger charge is -2.39. The molecule has 0 radical (unpaired) electrons. The smallest absolute Gasteiger partial charge is 0.141 e. The topological polar surface area (TPSA) is 32.3 Å². The summed E-state index contributed by atoms with van der Waals surface area (Å²) in [5.41, 5.74) is 1.35. The highest BCUT2D eigenvalue weighted by Crippen LogP contribution is 2.36. The van der Waals surface area contributed by atoms with Crippen LogP contribution in [0, 0.1) is 13.8 Å². The van der Waals surface area contributed by atoms with Crippen molar-refractivity contribution in [1.82, 2.24) is 14.9 Å². The van der Waals surface area contributed by atoms with E-state index < -0.39 is 0 Å². The van der Waals surface area contributed by atoms with Crippen molar-refractivity contribution in [3.05, 3.63) is 16.8 Å². The number of nitrogens with zero attached hydrogens (tertiary/aromatic N) is 4. The van der Waals surface area contributed by atoms with Crippen molar-refractivity contribution in [2.75, 3.05) is 25.5 Å². The first-order valence-electron chi connectivity index (χ1n) is 8.66. The van der Waals surface area contributed by atoms with Gasteiger partial charge >= 0.3 is 0 Å². The third-order valence-corrected chi connectivity index (χ3v) is 6.51. The van der Waals surface area contributed by atoms with Gasteiger partial charge in [0.15, 0.2) is 0 Å². The van der Waals surface area contributed by atoms with Gasteiger partial charge in [-0.2, -0.15) is 0 Å². The number of aromatic nitrogens is 2. The summed E-state index contributed by atoms with van der Waals surface area (Å²) in [6.07, 6.45) is 6.81. The second-order valence-electron chi connectivity index (χ2n) is 6.87. The molecule has 4 nitrogen and oxygen atoms in total. The number of fused-ring (bicyclic) bond motifs is 1. The van der Waals surface area contributed by atoms with Crippen LogP contribution >= 0.6 is 11.3 Å². The molecule has 1 aliphatic rings. The molecule has 2 heterocycles. The molecule has 23 heavy (non-hydrogen) atoms. The van der Waals surface area contributed by atoms with E-state index in [-0.39, 0.29) is 0 Å². The van der Waals surface area contributed by atoms with E-state index in [1.54, 1.807) is 17.7 Å². The summed E-state index contributed by atoms with van der Waals surface area (Å²) in [6.45, 7) is 7.65. The average Bonchev–Trinajstić information content (AvgIpc) is 2.84. The fourth-order valence-corrected chi connectivity index (χ4v) is 4.84. The lowest BCUT2D eigenvalue weighted by Crippen LogP contribution is -2.42. The molecule has 1 fully saturated rings. The van der Waals surface area contributed by atoms with E-state index >= 15 is 0 Å². The van der Waals surface area contributed by atoms with Gasteiger partial charge in [-0.3, -0.25) is 0 Å². The van der Waals surface area contributed by atoms with Crippen molar-refractivity contribution in [1.29, 1.82) is 0 Å². The molecule has 2 aromatic heterocycles. The van der Waals surface area contributed by atoms with Crippen molar-refractivity contribution in [2.24, 2.45) is 0 Å². The highest BCUT2D eigenvalue weighted by atomic mass is 32.1. The second kappa shape index (κ2) is 6.73. The molecule has 0 amide bonds. The average molecular weight is 333 g/mol. The number of anilines is 1. The minimum atomic E-state index is 0.605. The van der Waals surface area contributed by atoms with Gasteiger partial charge in [-0.1, -0.05) is 0 Å². The summed E-state index contributed by atoms with van der Waals surface area (Å²) >= 11 is 1.79. The monoisotopic (exact) mass is 332 g/mol. The van der Waals surface area contributed by atoms with Crippen LogP contribution in [0.15, 0.2) is 6.33 Å². The lowest BCUT2D eigenvalue weighted by atomic mass is 9.89. The van der Waals surface area contributed by atoms with Crippen LogP contribution < -0.4 is 4.90 Å². The number of aryl methyl sites for hydroxylation is 2. The van der Waals surface area contributed by atoms with Crippen LogP contribution in [0.2, 0.25) is 0 Å². The van der Waals surface area contributed by atoms with E-state index in [4.69, 9.17) is 4.98 Å². The van der Waals surface area contributed by atoms with E-state index in [9.17, 15) is 0 Å². The summed E-state index contributed by atoms with van der Waals surface area (Å²) in [5.74, 6) is 1.15. The van der Waals surface area contributed by atoms with Crippen molar-refractivity contribution in [3.63, 3.8) is 0 Å². The lowest BCUT2D eigenvalue weighted by molar-refractivity contribution is 0.214. The van der Waals surface area contributed by atoms with Gasteiger partial charge in [0, 0.05) is 23.5 Å². The minimum Gasteiger partial charge on any atom is -0.353 e. The molecule has 0 atom stereocenters. The van der Waals surface area contributed by atoms with Gasteiger partial charge in [0.1, 0.15) is 17.0 Å². The molecule has 0 aliphatic heterocycles. The van der Waals surface area contributed by atoms with E-state index in [0.717, 1.165) is 23.2 Å². The summed E-state index contributed by atoms with van der Waals surface area (Å²) in [4.78, 5) is 16.6. The quantitative estimate of drug-likeness (QED) is 0.847. The van der Waals surface area contributed by atoms with Gasteiger partial charge in [-0.15, -0.1) is 11.3 Å². The van der Waals surface area contributed by atoms with Gasteiger partial charge in [0.05, 0.1) is 5.39 Å². The fraction of sp³-hybridized carbons (Fsp3) is 0.667. The largest absolute Gasteiger partial charge is 0.353 e. The molecular weight excluding hydrogens is 304 g/mol. The molecule has 5 heteroatoms. The maximum absolute atomic E-state index is 4.69. The normalized spacial score (nSPS) is 22.0. The number of thiophene rings is 1. The van der Waals surface area contributed by atoms with Crippen LogP contribution in [0.3, 0.4) is 0 Å². The molecule has 1 aliphatic carbocycles. The van der Waals surface area contributed by atoms with Gasteiger partial charge in [-0.05, 0) is 66.1 Å². The van der Waals surface area contributed by atoms with E-state index in [2.05, 4.69) is 49.7 Å². The van der Waals surface area contributed by atoms with Crippen molar-refractivity contribution in [2.45, 2.75) is 58.5 Å². The molecule has 0 N–H and O–H groups in total. The summed E-state index contributed by atoms with van der Waals surface area (Å²) in [7, 11) is 4.40. The van der Waals surface area contributed by atoms with Gasteiger partial charge in [0.2, 0.25) is 0 Å². The zero-order chi connectivity index (χ0) is 16.6. The van der Waals surface area contributed by atoms with Gasteiger partial charge in [-0.25, -0.2) is 9.97 Å². The maximum atomic E-state index is 4.69. The van der Waals surface area contributed by atoms with Crippen molar-refractivity contribution < 1.29 is 0 Å². The van der Waals surface area contributed by atoms with E-state index in [1.807, 2.05) is 0 Å². The highest BCUT2D eigenvalue weighted by molar-refractivity contribution is 7.18. The molecule has 126 valence electrons. The van der Waals surface area contributed by atoms with E-state index in [0.29, 0.717) is 6.04 Å². The number of hydrogen-bond acceptors (Lipinski definition) is 5. The first-order chi connectivity index (χ1) is 11.0.